The number of halogens is 3. The molecule has 7 heteroatoms. The van der Waals surface area contributed by atoms with Crippen LogP contribution in [0.4, 0.5) is 13.2 Å². The van der Waals surface area contributed by atoms with Crippen LogP contribution in [0.25, 0.3) is 0 Å². The number of nitrogens with zero attached hydrogens (tertiary/aromatic N) is 1. The molecule has 3 nitrogen and oxygen atoms in total. The highest BCUT2D eigenvalue weighted by atomic mass is 32.2. The molecule has 0 unspecified atom stereocenters. The Morgan fingerprint density at radius 3 is 2.17 bits per heavy atom. The first-order valence-electron chi connectivity index (χ1n) is 7.03. The molecule has 0 saturated carbocycles. The van der Waals surface area contributed by atoms with Crippen molar-refractivity contribution in [1.82, 2.24) is 4.90 Å². The Bertz CT molecular complexity index is 684. The molecular formula is C17H16F3NO2S. The van der Waals surface area contributed by atoms with E-state index in [1.807, 2.05) is 12.1 Å². The minimum atomic E-state index is -4.34. The van der Waals surface area contributed by atoms with E-state index in [9.17, 15) is 18.0 Å². The van der Waals surface area contributed by atoms with Gasteiger partial charge in [-0.05, 0) is 53.7 Å². The molecule has 0 spiro atoms. The summed E-state index contributed by atoms with van der Waals surface area (Å²) in [6.07, 6.45) is 0. The largest absolute Gasteiger partial charge is 0.497 e. The summed E-state index contributed by atoms with van der Waals surface area (Å²) in [6.45, 7) is 0.391. The van der Waals surface area contributed by atoms with Gasteiger partial charge >= 0.3 is 5.51 Å². The van der Waals surface area contributed by atoms with Crippen LogP contribution in [-0.4, -0.2) is 30.5 Å². The van der Waals surface area contributed by atoms with E-state index in [1.54, 1.807) is 26.3 Å². The molecule has 2 aromatic carbocycles. The van der Waals surface area contributed by atoms with Crippen LogP contribution in [0.15, 0.2) is 53.4 Å². The van der Waals surface area contributed by atoms with Crippen LogP contribution in [0.1, 0.15) is 15.9 Å². The average Bonchev–Trinajstić information content (AvgIpc) is 2.54. The molecule has 0 aliphatic rings. The summed E-state index contributed by atoms with van der Waals surface area (Å²) in [4.78, 5) is 13.9. The van der Waals surface area contributed by atoms with Gasteiger partial charge in [0.1, 0.15) is 5.75 Å². The summed E-state index contributed by atoms with van der Waals surface area (Å²) >= 11 is -0.201. The van der Waals surface area contributed by atoms with Crippen LogP contribution in [0.2, 0.25) is 0 Å². The molecule has 0 radical (unpaired) electrons. The highest BCUT2D eigenvalue weighted by Crippen LogP contribution is 2.36. The third-order valence-electron chi connectivity index (χ3n) is 3.26. The molecular weight excluding hydrogens is 339 g/mol. The summed E-state index contributed by atoms with van der Waals surface area (Å²) < 4.78 is 42.0. The summed E-state index contributed by atoms with van der Waals surface area (Å²) in [5.74, 6) is 0.472. The fourth-order valence-corrected chi connectivity index (χ4v) is 2.64. The van der Waals surface area contributed by atoms with Crippen molar-refractivity contribution in [3.8, 4) is 5.75 Å². The van der Waals surface area contributed by atoms with Gasteiger partial charge in [-0.3, -0.25) is 4.79 Å². The van der Waals surface area contributed by atoms with Crippen LogP contribution in [-0.2, 0) is 6.54 Å². The molecule has 0 atom stereocenters. The summed E-state index contributed by atoms with van der Waals surface area (Å²) in [6, 6.07) is 12.7. The highest BCUT2D eigenvalue weighted by molar-refractivity contribution is 8.00. The van der Waals surface area contributed by atoms with E-state index in [4.69, 9.17) is 4.74 Å². The molecule has 0 aromatic heterocycles. The number of hydrogen-bond donors (Lipinski definition) is 0. The van der Waals surface area contributed by atoms with E-state index < -0.39 is 5.51 Å². The van der Waals surface area contributed by atoms with Crippen molar-refractivity contribution in [2.45, 2.75) is 16.9 Å². The van der Waals surface area contributed by atoms with Gasteiger partial charge in [0.2, 0.25) is 0 Å². The number of ether oxygens (including phenoxy) is 1. The normalized spacial score (nSPS) is 11.2. The first-order chi connectivity index (χ1) is 11.3. The maximum Gasteiger partial charge on any atom is 0.446 e. The van der Waals surface area contributed by atoms with E-state index in [1.165, 1.54) is 29.2 Å². The van der Waals surface area contributed by atoms with Crippen LogP contribution in [0.5, 0.6) is 5.75 Å². The number of carbonyl (C=O) groups excluding carboxylic acids is 1. The van der Waals surface area contributed by atoms with E-state index in [0.29, 0.717) is 12.1 Å². The van der Waals surface area contributed by atoms with Gasteiger partial charge in [-0.1, -0.05) is 12.1 Å². The number of methoxy groups -OCH3 is 1. The number of alkyl halides is 3. The number of amides is 1. The standard InChI is InChI=1S/C17H16F3NO2S/c1-21(11-12-3-7-14(23-2)8-4-12)16(22)13-5-9-15(10-6-13)24-17(18,19)20/h3-10H,11H2,1-2H3. The molecule has 0 N–H and O–H groups in total. The second kappa shape index (κ2) is 7.61. The first kappa shape index (κ1) is 18.2. The van der Waals surface area contributed by atoms with E-state index in [2.05, 4.69) is 0 Å². The molecule has 0 saturated heterocycles. The molecule has 0 heterocycles. The van der Waals surface area contributed by atoms with Gasteiger partial charge < -0.3 is 9.64 Å². The molecule has 1 amide bonds. The van der Waals surface area contributed by atoms with Crippen molar-refractivity contribution in [1.29, 1.82) is 0 Å². The SMILES string of the molecule is COc1ccc(CN(C)C(=O)c2ccc(SC(F)(F)F)cc2)cc1. The zero-order chi connectivity index (χ0) is 17.7. The molecule has 128 valence electrons. The topological polar surface area (TPSA) is 29.5 Å². The highest BCUT2D eigenvalue weighted by Gasteiger charge is 2.29. The monoisotopic (exact) mass is 355 g/mol. The maximum absolute atomic E-state index is 12.3. The number of carbonyl (C=O) groups is 1. The van der Waals surface area contributed by atoms with Gasteiger partial charge in [-0.15, -0.1) is 0 Å². The summed E-state index contributed by atoms with van der Waals surface area (Å²) in [5.41, 5.74) is -3.06. The predicted molar refractivity (Wildman–Crippen MR) is 87.1 cm³/mol. The van der Waals surface area contributed by atoms with Crippen LogP contribution in [0, 0.1) is 0 Å². The van der Waals surface area contributed by atoms with Gasteiger partial charge in [-0.2, -0.15) is 13.2 Å². The Morgan fingerprint density at radius 1 is 1.08 bits per heavy atom. The van der Waals surface area contributed by atoms with E-state index >= 15 is 0 Å². The van der Waals surface area contributed by atoms with Crippen molar-refractivity contribution >= 4 is 17.7 Å². The third kappa shape index (κ3) is 5.19. The lowest BCUT2D eigenvalue weighted by Crippen LogP contribution is -2.26. The first-order valence-corrected chi connectivity index (χ1v) is 7.84. The number of benzene rings is 2. The van der Waals surface area contributed by atoms with Crippen molar-refractivity contribution in [3.63, 3.8) is 0 Å². The zero-order valence-electron chi connectivity index (χ0n) is 13.1. The molecule has 2 rings (SSSR count). The van der Waals surface area contributed by atoms with Gasteiger partial charge in [0, 0.05) is 24.1 Å². The fraction of sp³-hybridized carbons (Fsp3) is 0.235. The molecule has 0 fully saturated rings. The minimum absolute atomic E-state index is 0.0526. The van der Waals surface area contributed by atoms with Gasteiger partial charge in [0.25, 0.3) is 5.91 Å². The second-order valence-corrected chi connectivity index (χ2v) is 6.22. The van der Waals surface area contributed by atoms with Gasteiger partial charge in [0.15, 0.2) is 0 Å². The van der Waals surface area contributed by atoms with Gasteiger partial charge in [-0.25, -0.2) is 0 Å². The van der Waals surface area contributed by atoms with E-state index in [-0.39, 0.29) is 22.6 Å². The number of thioether (sulfide) groups is 1. The van der Waals surface area contributed by atoms with Gasteiger partial charge in [0.05, 0.1) is 7.11 Å². The van der Waals surface area contributed by atoms with Crippen molar-refractivity contribution in [2.75, 3.05) is 14.2 Å². The molecule has 0 aliphatic carbocycles. The predicted octanol–water partition coefficient (Wildman–Crippen LogP) is 4.58. The fourth-order valence-electron chi connectivity index (χ4n) is 2.10. The Balaban J connectivity index is 2.01. The smallest absolute Gasteiger partial charge is 0.446 e. The van der Waals surface area contributed by atoms with Crippen molar-refractivity contribution in [2.24, 2.45) is 0 Å². The quantitative estimate of drug-likeness (QED) is 0.736. The van der Waals surface area contributed by atoms with Crippen LogP contribution >= 0.6 is 11.8 Å². The van der Waals surface area contributed by atoms with Crippen LogP contribution in [0.3, 0.4) is 0 Å². The Kier molecular flexibility index (Phi) is 5.77. The Hall–Kier alpha value is -2.15. The lowest BCUT2D eigenvalue weighted by atomic mass is 10.1. The van der Waals surface area contributed by atoms with Crippen molar-refractivity contribution < 1.29 is 22.7 Å². The number of rotatable bonds is 5. The summed E-state index contributed by atoms with van der Waals surface area (Å²) in [5, 5.41) is 0. The summed E-state index contributed by atoms with van der Waals surface area (Å²) in [7, 11) is 3.22. The molecule has 2 aromatic rings. The van der Waals surface area contributed by atoms with Crippen molar-refractivity contribution in [3.05, 3.63) is 59.7 Å². The third-order valence-corrected chi connectivity index (χ3v) is 4.00. The Labute approximate surface area is 142 Å². The maximum atomic E-state index is 12.3. The lowest BCUT2D eigenvalue weighted by Gasteiger charge is -2.18. The Morgan fingerprint density at radius 2 is 1.67 bits per heavy atom. The van der Waals surface area contributed by atoms with E-state index in [0.717, 1.165) is 11.3 Å². The number of hydrogen-bond acceptors (Lipinski definition) is 3. The average molecular weight is 355 g/mol. The second-order valence-electron chi connectivity index (χ2n) is 5.08. The molecule has 24 heavy (non-hydrogen) atoms. The zero-order valence-corrected chi connectivity index (χ0v) is 13.9. The molecule has 0 bridgehead atoms. The molecule has 0 aliphatic heterocycles. The van der Waals surface area contributed by atoms with Crippen LogP contribution < -0.4 is 4.74 Å². The lowest BCUT2D eigenvalue weighted by molar-refractivity contribution is -0.0328. The minimum Gasteiger partial charge on any atom is -0.497 e.